The summed E-state index contributed by atoms with van der Waals surface area (Å²) in [7, 11) is 0. The maximum absolute atomic E-state index is 5.90. The molecule has 1 aliphatic rings. The number of nitrogens with one attached hydrogen (secondary N) is 1. The van der Waals surface area contributed by atoms with Crippen LogP contribution >= 0.6 is 11.6 Å². The molecule has 0 spiro atoms. The molecule has 1 N–H and O–H groups in total. The van der Waals surface area contributed by atoms with Crippen LogP contribution in [0.15, 0.2) is 18.3 Å². The topological polar surface area (TPSA) is 34.1 Å². The van der Waals surface area contributed by atoms with E-state index in [0.717, 1.165) is 6.54 Å². The molecule has 2 rings (SSSR count). The molecule has 1 aromatic heterocycles. The van der Waals surface area contributed by atoms with Crippen LogP contribution in [0.2, 0.25) is 5.02 Å². The molecule has 4 heteroatoms. The van der Waals surface area contributed by atoms with Crippen LogP contribution < -0.4 is 10.1 Å². The van der Waals surface area contributed by atoms with Gasteiger partial charge in [-0.1, -0.05) is 18.0 Å². The Labute approximate surface area is 94.8 Å². The highest BCUT2D eigenvalue weighted by Gasteiger charge is 2.15. The summed E-state index contributed by atoms with van der Waals surface area (Å²) in [6, 6.07) is 4.28. The smallest absolute Gasteiger partial charge is 0.232 e. The van der Waals surface area contributed by atoms with Crippen LogP contribution in [0.5, 0.6) is 5.88 Å². The van der Waals surface area contributed by atoms with Gasteiger partial charge in [0.25, 0.3) is 0 Å². The molecule has 15 heavy (non-hydrogen) atoms. The molecule has 1 heterocycles. The minimum atomic E-state index is 0.523. The van der Waals surface area contributed by atoms with Gasteiger partial charge in [0.15, 0.2) is 0 Å². The highest BCUT2D eigenvalue weighted by molar-refractivity contribution is 6.31. The number of hydrogen-bond acceptors (Lipinski definition) is 3. The molecule has 1 aliphatic carbocycles. The van der Waals surface area contributed by atoms with Crippen molar-refractivity contribution >= 4 is 11.6 Å². The maximum Gasteiger partial charge on any atom is 0.232 e. The Bertz CT molecular complexity index is 315. The van der Waals surface area contributed by atoms with E-state index in [0.29, 0.717) is 23.6 Å². The molecule has 0 amide bonds. The largest absolute Gasteiger partial charge is 0.475 e. The van der Waals surface area contributed by atoms with E-state index in [1.165, 1.54) is 19.3 Å². The van der Waals surface area contributed by atoms with Crippen LogP contribution in [0, 0.1) is 0 Å². The second-order valence-corrected chi connectivity index (χ2v) is 4.13. The van der Waals surface area contributed by atoms with Crippen LogP contribution in [-0.4, -0.2) is 24.2 Å². The molecule has 3 nitrogen and oxygen atoms in total. The van der Waals surface area contributed by atoms with Gasteiger partial charge in [-0.3, -0.25) is 0 Å². The van der Waals surface area contributed by atoms with Gasteiger partial charge in [-0.15, -0.1) is 0 Å². The monoisotopic (exact) mass is 226 g/mol. The normalized spacial score (nSPS) is 16.1. The lowest BCUT2D eigenvalue weighted by atomic mass is 9.93. The Morgan fingerprint density at radius 3 is 3.07 bits per heavy atom. The summed E-state index contributed by atoms with van der Waals surface area (Å²) >= 11 is 5.90. The fraction of sp³-hybridized carbons (Fsp3) is 0.545. The average Bonchev–Trinajstić information content (AvgIpc) is 2.17. The van der Waals surface area contributed by atoms with E-state index in [-0.39, 0.29) is 0 Å². The molecular weight excluding hydrogens is 212 g/mol. The van der Waals surface area contributed by atoms with Crippen molar-refractivity contribution < 1.29 is 4.74 Å². The summed E-state index contributed by atoms with van der Waals surface area (Å²) in [4.78, 5) is 4.05. The second-order valence-electron chi connectivity index (χ2n) is 3.72. The van der Waals surface area contributed by atoms with Crippen molar-refractivity contribution in [1.29, 1.82) is 0 Å². The van der Waals surface area contributed by atoms with Crippen molar-refractivity contribution in [3.8, 4) is 5.88 Å². The van der Waals surface area contributed by atoms with E-state index >= 15 is 0 Å². The lowest BCUT2D eigenvalue weighted by Gasteiger charge is -2.26. The molecule has 0 saturated heterocycles. The number of hydrogen-bond donors (Lipinski definition) is 1. The van der Waals surface area contributed by atoms with Gasteiger partial charge < -0.3 is 10.1 Å². The number of rotatable bonds is 5. The van der Waals surface area contributed by atoms with Crippen molar-refractivity contribution in [1.82, 2.24) is 10.3 Å². The van der Waals surface area contributed by atoms with Crippen molar-refractivity contribution in [2.24, 2.45) is 0 Å². The number of pyridine rings is 1. The summed E-state index contributed by atoms with van der Waals surface area (Å²) in [5.41, 5.74) is 0. The van der Waals surface area contributed by atoms with Crippen LogP contribution in [0.25, 0.3) is 0 Å². The molecule has 0 atom stereocenters. The first-order chi connectivity index (χ1) is 7.36. The van der Waals surface area contributed by atoms with Crippen molar-refractivity contribution in [2.75, 3.05) is 13.2 Å². The third kappa shape index (κ3) is 3.08. The quantitative estimate of drug-likeness (QED) is 0.783. The predicted molar refractivity (Wildman–Crippen MR) is 60.4 cm³/mol. The van der Waals surface area contributed by atoms with Gasteiger partial charge in [-0.25, -0.2) is 4.98 Å². The average molecular weight is 227 g/mol. The van der Waals surface area contributed by atoms with Crippen LogP contribution in [0.3, 0.4) is 0 Å². The van der Waals surface area contributed by atoms with Crippen molar-refractivity contribution in [2.45, 2.75) is 25.3 Å². The van der Waals surface area contributed by atoms with E-state index in [9.17, 15) is 0 Å². The van der Waals surface area contributed by atoms with Crippen molar-refractivity contribution in [3.05, 3.63) is 23.4 Å². The SMILES string of the molecule is Clc1cccnc1OCCNC1CCC1. The maximum atomic E-state index is 5.90. The summed E-state index contributed by atoms with van der Waals surface area (Å²) in [5.74, 6) is 0.523. The molecule has 1 aromatic rings. The molecule has 82 valence electrons. The fourth-order valence-electron chi connectivity index (χ4n) is 1.50. The van der Waals surface area contributed by atoms with E-state index in [1.807, 2.05) is 0 Å². The summed E-state index contributed by atoms with van der Waals surface area (Å²) in [5, 5.41) is 3.98. The molecule has 0 bridgehead atoms. The van der Waals surface area contributed by atoms with E-state index in [4.69, 9.17) is 16.3 Å². The van der Waals surface area contributed by atoms with Crippen LogP contribution in [0.4, 0.5) is 0 Å². The van der Waals surface area contributed by atoms with E-state index in [2.05, 4.69) is 10.3 Å². The number of aromatic nitrogens is 1. The highest BCUT2D eigenvalue weighted by atomic mass is 35.5. The first kappa shape index (κ1) is 10.7. The number of ether oxygens (including phenoxy) is 1. The van der Waals surface area contributed by atoms with Gasteiger partial charge in [-0.05, 0) is 25.0 Å². The predicted octanol–water partition coefficient (Wildman–Crippen LogP) is 2.26. The van der Waals surface area contributed by atoms with Gasteiger partial charge in [0.05, 0.1) is 0 Å². The molecule has 0 unspecified atom stereocenters. The number of nitrogens with zero attached hydrogens (tertiary/aromatic N) is 1. The molecule has 1 fully saturated rings. The van der Waals surface area contributed by atoms with Gasteiger partial charge in [0.1, 0.15) is 11.6 Å². The molecule has 0 aliphatic heterocycles. The van der Waals surface area contributed by atoms with Gasteiger partial charge in [0, 0.05) is 18.8 Å². The van der Waals surface area contributed by atoms with Gasteiger partial charge in [0.2, 0.25) is 5.88 Å². The minimum Gasteiger partial charge on any atom is -0.475 e. The fourth-order valence-corrected chi connectivity index (χ4v) is 1.68. The van der Waals surface area contributed by atoms with Crippen molar-refractivity contribution in [3.63, 3.8) is 0 Å². The first-order valence-electron chi connectivity index (χ1n) is 5.33. The third-order valence-electron chi connectivity index (χ3n) is 2.60. The standard InChI is InChI=1S/C11H15ClN2O/c12-10-5-2-6-14-11(10)15-8-7-13-9-3-1-4-9/h2,5-6,9,13H,1,3-4,7-8H2. The second kappa shape index (κ2) is 5.33. The lowest BCUT2D eigenvalue weighted by molar-refractivity contribution is 0.269. The summed E-state index contributed by atoms with van der Waals surface area (Å²) in [6.45, 7) is 1.48. The Kier molecular flexibility index (Phi) is 3.80. The zero-order valence-corrected chi connectivity index (χ0v) is 9.33. The van der Waals surface area contributed by atoms with E-state index in [1.54, 1.807) is 18.3 Å². The molecule has 0 aromatic carbocycles. The Morgan fingerprint density at radius 2 is 2.40 bits per heavy atom. The highest BCUT2D eigenvalue weighted by Crippen LogP contribution is 2.20. The van der Waals surface area contributed by atoms with Crippen LogP contribution in [-0.2, 0) is 0 Å². The Morgan fingerprint density at radius 1 is 1.53 bits per heavy atom. The summed E-state index contributed by atoms with van der Waals surface area (Å²) < 4.78 is 5.45. The van der Waals surface area contributed by atoms with Crippen LogP contribution in [0.1, 0.15) is 19.3 Å². The first-order valence-corrected chi connectivity index (χ1v) is 5.71. The van der Waals surface area contributed by atoms with Gasteiger partial charge in [-0.2, -0.15) is 0 Å². The Balaban J connectivity index is 1.66. The zero-order chi connectivity index (χ0) is 10.5. The third-order valence-corrected chi connectivity index (χ3v) is 2.89. The molecule has 0 radical (unpaired) electrons. The number of halogens is 1. The zero-order valence-electron chi connectivity index (χ0n) is 8.58. The lowest BCUT2D eigenvalue weighted by Crippen LogP contribution is -2.37. The molecular formula is C11H15ClN2O. The van der Waals surface area contributed by atoms with Gasteiger partial charge >= 0.3 is 0 Å². The Hall–Kier alpha value is -0.800. The van der Waals surface area contributed by atoms with E-state index < -0.39 is 0 Å². The summed E-state index contributed by atoms with van der Waals surface area (Å²) in [6.07, 6.45) is 5.62. The minimum absolute atomic E-state index is 0.523. The molecule has 1 saturated carbocycles.